The summed E-state index contributed by atoms with van der Waals surface area (Å²) in [7, 11) is -4.54. The van der Waals surface area contributed by atoms with Crippen LogP contribution < -0.4 is 5.32 Å². The monoisotopic (exact) mass is 301 g/mol. The third-order valence-electron chi connectivity index (χ3n) is 2.77. The van der Waals surface area contributed by atoms with Crippen LogP contribution in [0.5, 0.6) is 0 Å². The van der Waals surface area contributed by atoms with Gasteiger partial charge in [-0.2, -0.15) is 8.78 Å². The summed E-state index contributed by atoms with van der Waals surface area (Å²) in [5, 5.41) is 3.08. The second-order valence-electron chi connectivity index (χ2n) is 4.21. The van der Waals surface area contributed by atoms with Crippen LogP contribution in [0.3, 0.4) is 0 Å². The van der Waals surface area contributed by atoms with E-state index in [1.54, 1.807) is 18.4 Å². The Labute approximate surface area is 115 Å². The van der Waals surface area contributed by atoms with Crippen molar-refractivity contribution in [2.75, 3.05) is 5.32 Å². The zero-order valence-corrected chi connectivity index (χ0v) is 11.4. The van der Waals surface area contributed by atoms with Crippen LogP contribution in [0, 0.1) is 0 Å². The summed E-state index contributed by atoms with van der Waals surface area (Å²) in [6, 6.07) is 8.61. The van der Waals surface area contributed by atoms with E-state index in [1.165, 1.54) is 12.1 Å². The number of furan rings is 1. The van der Waals surface area contributed by atoms with Gasteiger partial charge in [0.05, 0.1) is 17.2 Å². The summed E-state index contributed by atoms with van der Waals surface area (Å²) in [5.41, 5.74) is 0.613. The van der Waals surface area contributed by atoms with Crippen LogP contribution in [0.2, 0.25) is 0 Å². The summed E-state index contributed by atoms with van der Waals surface area (Å²) in [4.78, 5) is -0.399. The molecule has 0 saturated carbocycles. The van der Waals surface area contributed by atoms with Gasteiger partial charge in [0, 0.05) is 5.69 Å². The average molecular weight is 301 g/mol. The number of hydrogen-bond donors (Lipinski definition) is 1. The normalized spacial score (nSPS) is 13.4. The molecule has 1 atom stereocenters. The lowest BCUT2D eigenvalue weighted by Crippen LogP contribution is -2.11. The van der Waals surface area contributed by atoms with Gasteiger partial charge in [0.15, 0.2) is 0 Å². The van der Waals surface area contributed by atoms with Gasteiger partial charge in [0.1, 0.15) is 5.76 Å². The number of nitrogens with one attached hydrogen (secondary N) is 1. The molecule has 2 rings (SSSR count). The van der Waals surface area contributed by atoms with Gasteiger partial charge in [0.2, 0.25) is 9.84 Å². The highest BCUT2D eigenvalue weighted by Gasteiger charge is 2.26. The first-order chi connectivity index (χ1) is 9.41. The third kappa shape index (κ3) is 2.98. The van der Waals surface area contributed by atoms with Crippen molar-refractivity contribution in [2.45, 2.75) is 23.6 Å². The van der Waals surface area contributed by atoms with E-state index in [1.807, 2.05) is 6.92 Å². The highest BCUT2D eigenvalue weighted by atomic mass is 32.2. The van der Waals surface area contributed by atoms with Gasteiger partial charge in [-0.05, 0) is 43.3 Å². The van der Waals surface area contributed by atoms with E-state index in [-0.39, 0.29) is 6.04 Å². The Balaban J connectivity index is 2.13. The number of halogens is 2. The van der Waals surface area contributed by atoms with Gasteiger partial charge >= 0.3 is 5.76 Å². The third-order valence-corrected chi connectivity index (χ3v) is 4.17. The van der Waals surface area contributed by atoms with E-state index < -0.39 is 20.5 Å². The Morgan fingerprint density at radius 3 is 2.30 bits per heavy atom. The number of anilines is 1. The molecule has 108 valence electrons. The maximum Gasteiger partial charge on any atom is 0.341 e. The van der Waals surface area contributed by atoms with Crippen molar-refractivity contribution in [1.29, 1.82) is 0 Å². The molecule has 2 aromatic rings. The minimum absolute atomic E-state index is 0.123. The predicted molar refractivity (Wildman–Crippen MR) is 70.4 cm³/mol. The van der Waals surface area contributed by atoms with E-state index in [2.05, 4.69) is 5.32 Å². The van der Waals surface area contributed by atoms with Crippen LogP contribution in [0.25, 0.3) is 0 Å². The zero-order chi connectivity index (χ0) is 14.8. The highest BCUT2D eigenvalue weighted by molar-refractivity contribution is 7.91. The van der Waals surface area contributed by atoms with Gasteiger partial charge in [0.25, 0.3) is 0 Å². The molecule has 0 aliphatic rings. The Morgan fingerprint density at radius 1 is 1.15 bits per heavy atom. The minimum Gasteiger partial charge on any atom is -0.467 e. The zero-order valence-electron chi connectivity index (χ0n) is 10.6. The molecule has 0 radical (unpaired) electrons. The molecule has 1 aromatic carbocycles. The van der Waals surface area contributed by atoms with Gasteiger partial charge < -0.3 is 9.73 Å². The Bertz CT molecular complexity index is 651. The van der Waals surface area contributed by atoms with Crippen molar-refractivity contribution in [3.63, 3.8) is 0 Å². The number of benzene rings is 1. The van der Waals surface area contributed by atoms with Gasteiger partial charge in [-0.1, -0.05) is 0 Å². The first kappa shape index (κ1) is 14.5. The van der Waals surface area contributed by atoms with Crippen LogP contribution in [0.1, 0.15) is 18.7 Å². The number of alkyl halides is 2. The van der Waals surface area contributed by atoms with Crippen LogP contribution in [0.15, 0.2) is 52.0 Å². The standard InChI is InChI=1S/C13H13F2NO3S/c1-9(12-3-2-8-19-12)16-10-4-6-11(7-5-10)20(17,18)13(14)15/h2-9,13,16H,1H3. The summed E-state index contributed by atoms with van der Waals surface area (Å²) in [5.74, 6) is -2.70. The van der Waals surface area contributed by atoms with Crippen molar-refractivity contribution in [1.82, 2.24) is 0 Å². The molecule has 0 amide bonds. The van der Waals surface area contributed by atoms with E-state index in [0.29, 0.717) is 11.4 Å². The molecular formula is C13H13F2NO3S. The number of sulfone groups is 1. The molecule has 0 aliphatic heterocycles. The molecule has 1 aromatic heterocycles. The molecule has 1 unspecified atom stereocenters. The smallest absolute Gasteiger partial charge is 0.341 e. The van der Waals surface area contributed by atoms with Crippen molar-refractivity contribution in [3.05, 3.63) is 48.4 Å². The van der Waals surface area contributed by atoms with Gasteiger partial charge in [-0.15, -0.1) is 0 Å². The highest BCUT2D eigenvalue weighted by Crippen LogP contribution is 2.23. The number of rotatable bonds is 5. The molecular weight excluding hydrogens is 288 g/mol. The van der Waals surface area contributed by atoms with E-state index in [9.17, 15) is 17.2 Å². The van der Waals surface area contributed by atoms with Crippen LogP contribution in [-0.2, 0) is 9.84 Å². The van der Waals surface area contributed by atoms with Crippen LogP contribution in [0.4, 0.5) is 14.5 Å². The Hall–Kier alpha value is -1.89. The molecule has 20 heavy (non-hydrogen) atoms. The second kappa shape index (κ2) is 5.62. The number of hydrogen-bond acceptors (Lipinski definition) is 4. The fraction of sp³-hybridized carbons (Fsp3) is 0.231. The van der Waals surface area contributed by atoms with Crippen LogP contribution in [-0.4, -0.2) is 14.2 Å². The largest absolute Gasteiger partial charge is 0.467 e. The van der Waals surface area contributed by atoms with Crippen molar-refractivity contribution in [3.8, 4) is 0 Å². The summed E-state index contributed by atoms with van der Waals surface area (Å²) in [6.45, 7) is 1.86. The molecule has 0 saturated heterocycles. The molecule has 0 spiro atoms. The molecule has 0 fully saturated rings. The molecule has 1 N–H and O–H groups in total. The SMILES string of the molecule is CC(Nc1ccc(S(=O)(=O)C(F)F)cc1)c1ccco1. The lowest BCUT2D eigenvalue weighted by molar-refractivity contribution is 0.234. The first-order valence-corrected chi connectivity index (χ1v) is 7.38. The van der Waals surface area contributed by atoms with Crippen molar-refractivity contribution >= 4 is 15.5 Å². The van der Waals surface area contributed by atoms with Gasteiger partial charge in [-0.25, -0.2) is 8.42 Å². The Morgan fingerprint density at radius 2 is 1.80 bits per heavy atom. The maximum absolute atomic E-state index is 12.4. The minimum atomic E-state index is -4.54. The second-order valence-corrected chi connectivity index (χ2v) is 6.13. The average Bonchev–Trinajstić information content (AvgIpc) is 2.93. The van der Waals surface area contributed by atoms with E-state index in [4.69, 9.17) is 4.42 Å². The van der Waals surface area contributed by atoms with Crippen LogP contribution >= 0.6 is 0 Å². The molecule has 0 aliphatic carbocycles. The first-order valence-electron chi connectivity index (χ1n) is 5.83. The van der Waals surface area contributed by atoms with Gasteiger partial charge in [-0.3, -0.25) is 0 Å². The van der Waals surface area contributed by atoms with Crippen molar-refractivity contribution < 1.29 is 21.6 Å². The molecule has 4 nitrogen and oxygen atoms in total. The van der Waals surface area contributed by atoms with E-state index >= 15 is 0 Å². The summed E-state index contributed by atoms with van der Waals surface area (Å²) >= 11 is 0. The fourth-order valence-corrected chi connectivity index (χ4v) is 2.42. The van der Waals surface area contributed by atoms with Crippen molar-refractivity contribution in [2.24, 2.45) is 0 Å². The van der Waals surface area contributed by atoms with E-state index in [0.717, 1.165) is 12.1 Å². The Kier molecular flexibility index (Phi) is 4.08. The summed E-state index contributed by atoms with van der Waals surface area (Å²) in [6.07, 6.45) is 1.55. The fourth-order valence-electron chi connectivity index (χ4n) is 1.70. The molecule has 7 heteroatoms. The maximum atomic E-state index is 12.4. The lowest BCUT2D eigenvalue weighted by Gasteiger charge is -2.13. The lowest BCUT2D eigenvalue weighted by atomic mass is 10.2. The topological polar surface area (TPSA) is 59.3 Å². The molecule has 1 heterocycles. The quantitative estimate of drug-likeness (QED) is 0.919. The molecule has 0 bridgehead atoms. The predicted octanol–water partition coefficient (Wildman–Crippen LogP) is 3.45. The summed E-state index contributed by atoms with van der Waals surface area (Å²) < 4.78 is 52.5.